The molecule has 3 rings (SSSR count). The molecular weight excluding hydrogens is 268 g/mol. The molecule has 0 heterocycles. The number of benzene rings is 1. The van der Waals surface area contributed by atoms with Gasteiger partial charge in [-0.2, -0.15) is 0 Å². The normalized spacial score (nSPS) is 32.8. The van der Waals surface area contributed by atoms with Crippen molar-refractivity contribution in [3.8, 4) is 5.75 Å². The molecule has 22 heavy (non-hydrogen) atoms. The van der Waals surface area contributed by atoms with Crippen LogP contribution in [0.5, 0.6) is 5.75 Å². The standard InChI is InChI=1S/C21H32O/c1-16-2-10-19(11-3-16)20-12-6-17(7-13-20)4-5-18-8-14-21(22)15-9-18/h8-9,14-17,19-20,22H,2-7,10-13H2,1H3. The van der Waals surface area contributed by atoms with Crippen molar-refractivity contribution in [1.29, 1.82) is 0 Å². The van der Waals surface area contributed by atoms with Crippen molar-refractivity contribution in [1.82, 2.24) is 0 Å². The molecule has 0 atom stereocenters. The molecule has 0 radical (unpaired) electrons. The number of rotatable bonds is 4. The third kappa shape index (κ3) is 4.27. The summed E-state index contributed by atoms with van der Waals surface area (Å²) in [7, 11) is 0. The quantitative estimate of drug-likeness (QED) is 0.727. The molecule has 0 saturated heterocycles. The zero-order valence-electron chi connectivity index (χ0n) is 14.1. The molecule has 0 unspecified atom stereocenters. The lowest BCUT2D eigenvalue weighted by molar-refractivity contribution is 0.148. The van der Waals surface area contributed by atoms with Crippen molar-refractivity contribution < 1.29 is 5.11 Å². The monoisotopic (exact) mass is 300 g/mol. The molecule has 2 fully saturated rings. The zero-order chi connectivity index (χ0) is 15.4. The first kappa shape index (κ1) is 15.9. The minimum atomic E-state index is 0.381. The van der Waals surface area contributed by atoms with Gasteiger partial charge in [0.15, 0.2) is 0 Å². The summed E-state index contributed by atoms with van der Waals surface area (Å²) < 4.78 is 0. The van der Waals surface area contributed by atoms with E-state index in [4.69, 9.17) is 0 Å². The van der Waals surface area contributed by atoms with Crippen LogP contribution in [0.25, 0.3) is 0 Å². The van der Waals surface area contributed by atoms with Crippen molar-refractivity contribution >= 4 is 0 Å². The first-order chi connectivity index (χ1) is 10.7. The van der Waals surface area contributed by atoms with Gasteiger partial charge in [0.05, 0.1) is 0 Å². The van der Waals surface area contributed by atoms with E-state index in [2.05, 4.69) is 19.1 Å². The van der Waals surface area contributed by atoms with Crippen LogP contribution in [-0.2, 0) is 6.42 Å². The van der Waals surface area contributed by atoms with E-state index >= 15 is 0 Å². The van der Waals surface area contributed by atoms with Gasteiger partial charge in [-0.25, -0.2) is 0 Å². The fourth-order valence-corrected chi connectivity index (χ4v) is 4.74. The highest BCUT2D eigenvalue weighted by molar-refractivity contribution is 5.25. The second-order valence-electron chi connectivity index (χ2n) is 8.01. The number of phenols is 1. The Bertz CT molecular complexity index is 433. The summed E-state index contributed by atoms with van der Waals surface area (Å²) in [5.74, 6) is 4.39. The van der Waals surface area contributed by atoms with Gasteiger partial charge < -0.3 is 5.11 Å². The summed E-state index contributed by atoms with van der Waals surface area (Å²) in [4.78, 5) is 0. The van der Waals surface area contributed by atoms with Crippen LogP contribution in [0.15, 0.2) is 24.3 Å². The molecule has 0 amide bonds. The van der Waals surface area contributed by atoms with Crippen molar-refractivity contribution in [2.45, 2.75) is 71.1 Å². The van der Waals surface area contributed by atoms with Gasteiger partial charge in [-0.15, -0.1) is 0 Å². The van der Waals surface area contributed by atoms with Gasteiger partial charge in [0.25, 0.3) is 0 Å². The van der Waals surface area contributed by atoms with Gasteiger partial charge in [-0.05, 0) is 79.9 Å². The number of aromatic hydroxyl groups is 1. The maximum absolute atomic E-state index is 9.34. The summed E-state index contributed by atoms with van der Waals surface area (Å²) in [5.41, 5.74) is 1.38. The van der Waals surface area contributed by atoms with Crippen LogP contribution in [0, 0.1) is 23.7 Å². The lowest BCUT2D eigenvalue weighted by Gasteiger charge is -2.37. The van der Waals surface area contributed by atoms with E-state index in [0.717, 1.165) is 23.7 Å². The first-order valence-corrected chi connectivity index (χ1v) is 9.48. The van der Waals surface area contributed by atoms with Crippen LogP contribution >= 0.6 is 0 Å². The number of aryl methyl sites for hydroxylation is 1. The topological polar surface area (TPSA) is 20.2 Å². The highest BCUT2D eigenvalue weighted by Gasteiger charge is 2.29. The number of hydrogen-bond donors (Lipinski definition) is 1. The smallest absolute Gasteiger partial charge is 0.115 e. The molecule has 0 aromatic heterocycles. The van der Waals surface area contributed by atoms with Gasteiger partial charge in [0, 0.05) is 0 Å². The Morgan fingerprint density at radius 1 is 0.818 bits per heavy atom. The van der Waals surface area contributed by atoms with Gasteiger partial charge in [0.1, 0.15) is 5.75 Å². The van der Waals surface area contributed by atoms with Crippen molar-refractivity contribution in [3.05, 3.63) is 29.8 Å². The maximum atomic E-state index is 9.34. The zero-order valence-corrected chi connectivity index (χ0v) is 14.1. The van der Waals surface area contributed by atoms with E-state index in [1.807, 2.05) is 12.1 Å². The van der Waals surface area contributed by atoms with Gasteiger partial charge in [-0.1, -0.05) is 44.7 Å². The SMILES string of the molecule is CC1CCC(C2CCC(CCc3ccc(O)cc3)CC2)CC1. The van der Waals surface area contributed by atoms with E-state index < -0.39 is 0 Å². The summed E-state index contributed by atoms with van der Waals surface area (Å²) in [6.45, 7) is 2.43. The summed E-state index contributed by atoms with van der Waals surface area (Å²) in [5, 5.41) is 9.34. The Balaban J connectivity index is 1.39. The highest BCUT2D eigenvalue weighted by Crippen LogP contribution is 2.42. The Morgan fingerprint density at radius 3 is 1.95 bits per heavy atom. The van der Waals surface area contributed by atoms with E-state index in [1.165, 1.54) is 69.8 Å². The van der Waals surface area contributed by atoms with Crippen LogP contribution in [0.1, 0.15) is 70.3 Å². The summed E-state index contributed by atoms with van der Waals surface area (Å²) in [6, 6.07) is 7.78. The molecule has 2 saturated carbocycles. The molecule has 1 nitrogen and oxygen atoms in total. The van der Waals surface area contributed by atoms with Crippen LogP contribution in [0.3, 0.4) is 0 Å². The average molecular weight is 300 g/mol. The lowest BCUT2D eigenvalue weighted by atomic mass is 9.69. The Labute approximate surface area is 136 Å². The van der Waals surface area contributed by atoms with Crippen molar-refractivity contribution in [3.63, 3.8) is 0 Å². The fraction of sp³-hybridized carbons (Fsp3) is 0.714. The van der Waals surface area contributed by atoms with Crippen molar-refractivity contribution in [2.24, 2.45) is 23.7 Å². The molecular formula is C21H32O. The molecule has 2 aliphatic carbocycles. The largest absolute Gasteiger partial charge is 0.508 e. The van der Waals surface area contributed by atoms with E-state index in [0.29, 0.717) is 5.75 Å². The van der Waals surface area contributed by atoms with Crippen LogP contribution in [0.2, 0.25) is 0 Å². The van der Waals surface area contributed by atoms with Crippen LogP contribution in [0.4, 0.5) is 0 Å². The van der Waals surface area contributed by atoms with E-state index in [1.54, 1.807) is 0 Å². The minimum Gasteiger partial charge on any atom is -0.508 e. The number of phenolic OH excluding ortho intramolecular Hbond substituents is 1. The lowest BCUT2D eigenvalue weighted by Crippen LogP contribution is -2.25. The van der Waals surface area contributed by atoms with E-state index in [9.17, 15) is 5.11 Å². The predicted octanol–water partition coefficient (Wildman–Crippen LogP) is 5.96. The van der Waals surface area contributed by atoms with Gasteiger partial charge in [-0.3, -0.25) is 0 Å². The van der Waals surface area contributed by atoms with Gasteiger partial charge in [0.2, 0.25) is 0 Å². The second kappa shape index (κ2) is 7.53. The molecule has 1 aromatic rings. The third-order valence-corrected chi connectivity index (χ3v) is 6.40. The molecule has 1 aromatic carbocycles. The minimum absolute atomic E-state index is 0.381. The molecule has 1 heteroatoms. The van der Waals surface area contributed by atoms with Crippen LogP contribution in [-0.4, -0.2) is 5.11 Å². The summed E-state index contributed by atoms with van der Waals surface area (Å²) in [6.07, 6.45) is 14.4. The molecule has 2 aliphatic rings. The summed E-state index contributed by atoms with van der Waals surface area (Å²) >= 11 is 0. The third-order valence-electron chi connectivity index (χ3n) is 6.40. The molecule has 1 N–H and O–H groups in total. The Morgan fingerprint density at radius 2 is 1.36 bits per heavy atom. The molecule has 0 spiro atoms. The maximum Gasteiger partial charge on any atom is 0.115 e. The molecule has 0 bridgehead atoms. The van der Waals surface area contributed by atoms with Gasteiger partial charge >= 0.3 is 0 Å². The number of hydrogen-bond acceptors (Lipinski definition) is 1. The average Bonchev–Trinajstić information content (AvgIpc) is 2.56. The second-order valence-corrected chi connectivity index (χ2v) is 8.01. The predicted molar refractivity (Wildman–Crippen MR) is 93.0 cm³/mol. The highest BCUT2D eigenvalue weighted by atomic mass is 16.3. The Hall–Kier alpha value is -0.980. The van der Waals surface area contributed by atoms with E-state index in [-0.39, 0.29) is 0 Å². The van der Waals surface area contributed by atoms with Crippen LogP contribution < -0.4 is 0 Å². The Kier molecular flexibility index (Phi) is 5.44. The molecule has 122 valence electrons. The first-order valence-electron chi connectivity index (χ1n) is 9.48. The fourth-order valence-electron chi connectivity index (χ4n) is 4.74. The van der Waals surface area contributed by atoms with Crippen molar-refractivity contribution in [2.75, 3.05) is 0 Å². The molecule has 0 aliphatic heterocycles.